The van der Waals surface area contributed by atoms with E-state index in [0.717, 1.165) is 11.1 Å². The number of benzene rings is 2. The highest BCUT2D eigenvalue weighted by atomic mass is 16.3. The fourth-order valence-electron chi connectivity index (χ4n) is 2.03. The molecule has 0 atom stereocenters. The van der Waals surface area contributed by atoms with Gasteiger partial charge in [-0.3, -0.25) is 4.79 Å². The summed E-state index contributed by atoms with van der Waals surface area (Å²) < 4.78 is 0. The Morgan fingerprint density at radius 1 is 1.00 bits per heavy atom. The van der Waals surface area contributed by atoms with E-state index >= 15 is 0 Å². The number of amides is 1. The number of hydrogen-bond donors (Lipinski definition) is 1. The summed E-state index contributed by atoms with van der Waals surface area (Å²) in [6.07, 6.45) is 0.367. The van der Waals surface area contributed by atoms with Gasteiger partial charge in [0.25, 0.3) is 0 Å². The lowest BCUT2D eigenvalue weighted by Gasteiger charge is -2.15. The molecule has 0 saturated heterocycles. The summed E-state index contributed by atoms with van der Waals surface area (Å²) in [4.78, 5) is 13.4. The van der Waals surface area contributed by atoms with Gasteiger partial charge in [-0.05, 0) is 16.7 Å². The topological polar surface area (TPSA) is 40.5 Å². The first kappa shape index (κ1) is 14.3. The fourth-order valence-corrected chi connectivity index (χ4v) is 2.03. The van der Waals surface area contributed by atoms with Gasteiger partial charge in [-0.15, -0.1) is 0 Å². The molecule has 0 fully saturated rings. The van der Waals surface area contributed by atoms with E-state index in [9.17, 15) is 4.79 Å². The Hall–Kier alpha value is -2.13. The number of carbonyl (C=O) groups is 1. The Morgan fingerprint density at radius 2 is 1.60 bits per heavy atom. The normalized spacial score (nSPS) is 10.3. The van der Waals surface area contributed by atoms with Gasteiger partial charge in [0.15, 0.2) is 0 Å². The van der Waals surface area contributed by atoms with E-state index in [1.165, 1.54) is 5.56 Å². The van der Waals surface area contributed by atoms with E-state index in [2.05, 4.69) is 12.1 Å². The number of likely N-dealkylation sites (N-methyl/N-ethyl adjacent to an activating group) is 1. The van der Waals surface area contributed by atoms with Gasteiger partial charge in [-0.25, -0.2) is 0 Å². The summed E-state index contributed by atoms with van der Waals surface area (Å²) in [5.41, 5.74) is 3.30. The maximum absolute atomic E-state index is 11.9. The van der Waals surface area contributed by atoms with Crippen molar-refractivity contribution in [1.29, 1.82) is 0 Å². The minimum atomic E-state index is -0.00478. The molecule has 0 saturated carbocycles. The molecule has 0 spiro atoms. The Bertz CT molecular complexity index is 549. The van der Waals surface area contributed by atoms with Crippen LogP contribution in [0.5, 0.6) is 0 Å². The van der Waals surface area contributed by atoms with Crippen LogP contribution in [0.25, 0.3) is 11.1 Å². The molecule has 0 bridgehead atoms. The van der Waals surface area contributed by atoms with E-state index in [4.69, 9.17) is 5.11 Å². The second kappa shape index (κ2) is 6.87. The van der Waals surface area contributed by atoms with E-state index in [1.54, 1.807) is 11.9 Å². The first-order chi connectivity index (χ1) is 9.70. The molecule has 0 aliphatic heterocycles. The van der Waals surface area contributed by atoms with Crippen LogP contribution in [0, 0.1) is 0 Å². The molecule has 2 aromatic carbocycles. The number of aliphatic hydroxyl groups is 1. The van der Waals surface area contributed by atoms with Crippen LogP contribution in [0.4, 0.5) is 0 Å². The lowest BCUT2D eigenvalue weighted by Crippen LogP contribution is -2.30. The number of nitrogens with zero attached hydrogens (tertiary/aromatic N) is 1. The smallest absolute Gasteiger partial charge is 0.226 e. The van der Waals surface area contributed by atoms with Gasteiger partial charge in [-0.2, -0.15) is 0 Å². The van der Waals surface area contributed by atoms with Gasteiger partial charge in [0.05, 0.1) is 13.0 Å². The van der Waals surface area contributed by atoms with Gasteiger partial charge in [0, 0.05) is 13.6 Å². The van der Waals surface area contributed by atoms with Crippen LogP contribution in [-0.2, 0) is 11.2 Å². The summed E-state index contributed by atoms with van der Waals surface area (Å²) in [5.74, 6) is 0.0199. The molecule has 3 nitrogen and oxygen atoms in total. The minimum Gasteiger partial charge on any atom is -0.395 e. The summed E-state index contributed by atoms with van der Waals surface area (Å²) in [7, 11) is 1.71. The third-order valence-electron chi connectivity index (χ3n) is 3.28. The number of rotatable bonds is 5. The summed E-state index contributed by atoms with van der Waals surface area (Å²) in [6.45, 7) is 0.371. The van der Waals surface area contributed by atoms with Gasteiger partial charge in [0.2, 0.25) is 5.91 Å². The Kier molecular flexibility index (Phi) is 4.91. The van der Waals surface area contributed by atoms with Crippen LogP contribution in [0.1, 0.15) is 5.56 Å². The molecule has 3 heteroatoms. The molecule has 0 heterocycles. The second-order valence-corrected chi connectivity index (χ2v) is 4.78. The number of hydrogen-bond acceptors (Lipinski definition) is 2. The largest absolute Gasteiger partial charge is 0.395 e. The van der Waals surface area contributed by atoms with Crippen molar-refractivity contribution in [3.63, 3.8) is 0 Å². The van der Waals surface area contributed by atoms with Gasteiger partial charge in [0.1, 0.15) is 0 Å². The molecule has 20 heavy (non-hydrogen) atoms. The molecule has 0 radical (unpaired) electrons. The van der Waals surface area contributed by atoms with Gasteiger partial charge in [-0.1, -0.05) is 54.6 Å². The average molecular weight is 269 g/mol. The lowest BCUT2D eigenvalue weighted by atomic mass is 10.0. The predicted octanol–water partition coefficient (Wildman–Crippen LogP) is 2.35. The molecule has 0 aliphatic carbocycles. The SMILES string of the molecule is CN(CCO)C(=O)Cc1ccc(-c2ccccc2)cc1. The van der Waals surface area contributed by atoms with Crippen LogP contribution in [0.2, 0.25) is 0 Å². The summed E-state index contributed by atoms with van der Waals surface area (Å²) in [5, 5.41) is 8.82. The third-order valence-corrected chi connectivity index (χ3v) is 3.28. The van der Waals surface area contributed by atoms with Crippen LogP contribution < -0.4 is 0 Å². The van der Waals surface area contributed by atoms with Crippen molar-refractivity contribution in [2.75, 3.05) is 20.2 Å². The molecule has 0 aromatic heterocycles. The Balaban J connectivity index is 2.04. The van der Waals surface area contributed by atoms with Crippen LogP contribution in [0.3, 0.4) is 0 Å². The zero-order chi connectivity index (χ0) is 14.4. The average Bonchev–Trinajstić information content (AvgIpc) is 2.49. The van der Waals surface area contributed by atoms with Gasteiger partial charge >= 0.3 is 0 Å². The van der Waals surface area contributed by atoms with E-state index in [-0.39, 0.29) is 12.5 Å². The number of aliphatic hydroxyl groups excluding tert-OH is 1. The highest BCUT2D eigenvalue weighted by molar-refractivity contribution is 5.78. The Morgan fingerprint density at radius 3 is 2.20 bits per heavy atom. The maximum atomic E-state index is 11.9. The number of carbonyl (C=O) groups excluding carboxylic acids is 1. The zero-order valence-corrected chi connectivity index (χ0v) is 11.6. The van der Waals surface area contributed by atoms with E-state index in [0.29, 0.717) is 13.0 Å². The van der Waals surface area contributed by atoms with Crippen LogP contribution in [-0.4, -0.2) is 36.1 Å². The minimum absolute atomic E-state index is 0.00478. The van der Waals surface area contributed by atoms with Crippen molar-refractivity contribution in [2.45, 2.75) is 6.42 Å². The van der Waals surface area contributed by atoms with Crippen molar-refractivity contribution in [3.8, 4) is 11.1 Å². The first-order valence-corrected chi connectivity index (χ1v) is 6.70. The quantitative estimate of drug-likeness (QED) is 0.905. The molecule has 0 unspecified atom stereocenters. The van der Waals surface area contributed by atoms with E-state index < -0.39 is 0 Å². The van der Waals surface area contributed by atoms with Crippen LogP contribution >= 0.6 is 0 Å². The molecule has 1 N–H and O–H groups in total. The molecular formula is C17H19NO2. The fraction of sp³-hybridized carbons (Fsp3) is 0.235. The molecule has 0 aliphatic rings. The van der Waals surface area contributed by atoms with Crippen molar-refractivity contribution < 1.29 is 9.90 Å². The standard InChI is InChI=1S/C17H19NO2/c1-18(11-12-19)17(20)13-14-7-9-16(10-8-14)15-5-3-2-4-6-15/h2-10,19H,11-13H2,1H3. The summed E-state index contributed by atoms with van der Waals surface area (Å²) >= 11 is 0. The highest BCUT2D eigenvalue weighted by Crippen LogP contribution is 2.19. The van der Waals surface area contributed by atoms with Crippen molar-refractivity contribution in [3.05, 3.63) is 60.2 Å². The lowest BCUT2D eigenvalue weighted by molar-refractivity contribution is -0.129. The first-order valence-electron chi connectivity index (χ1n) is 6.70. The molecular weight excluding hydrogens is 250 g/mol. The van der Waals surface area contributed by atoms with E-state index in [1.807, 2.05) is 42.5 Å². The molecule has 2 aromatic rings. The zero-order valence-electron chi connectivity index (χ0n) is 11.6. The summed E-state index contributed by atoms with van der Waals surface area (Å²) in [6, 6.07) is 18.2. The van der Waals surface area contributed by atoms with Crippen molar-refractivity contribution in [1.82, 2.24) is 4.90 Å². The monoisotopic (exact) mass is 269 g/mol. The molecule has 104 valence electrons. The van der Waals surface area contributed by atoms with Crippen molar-refractivity contribution in [2.24, 2.45) is 0 Å². The third kappa shape index (κ3) is 3.68. The Labute approximate surface area is 119 Å². The van der Waals surface area contributed by atoms with Gasteiger partial charge < -0.3 is 10.0 Å². The molecule has 1 amide bonds. The predicted molar refractivity (Wildman–Crippen MR) is 80.3 cm³/mol. The van der Waals surface area contributed by atoms with Crippen LogP contribution in [0.15, 0.2) is 54.6 Å². The maximum Gasteiger partial charge on any atom is 0.226 e. The second-order valence-electron chi connectivity index (χ2n) is 4.78. The van der Waals surface area contributed by atoms with Crippen molar-refractivity contribution >= 4 is 5.91 Å². The highest BCUT2D eigenvalue weighted by Gasteiger charge is 2.08. The molecule has 2 rings (SSSR count).